The summed E-state index contributed by atoms with van der Waals surface area (Å²) in [5.41, 5.74) is 3.14. The fraction of sp³-hybridized carbons (Fsp3) is 0.182. The molecule has 0 radical (unpaired) electrons. The lowest BCUT2D eigenvalue weighted by atomic mass is 10.2. The van der Waals surface area contributed by atoms with E-state index in [0.717, 1.165) is 46.1 Å². The summed E-state index contributed by atoms with van der Waals surface area (Å²) in [6.45, 7) is 6.12. The lowest BCUT2D eigenvalue weighted by Crippen LogP contribution is -1.93. The van der Waals surface area contributed by atoms with E-state index in [1.165, 1.54) is 17.2 Å². The van der Waals surface area contributed by atoms with Gasteiger partial charge in [0.2, 0.25) is 6.79 Å². The number of nitrogens with two attached hydrogens (primary N) is 1. The molecule has 5 nitrogen and oxygen atoms in total. The van der Waals surface area contributed by atoms with Gasteiger partial charge in [-0.25, -0.2) is 8.78 Å². The van der Waals surface area contributed by atoms with Crippen molar-refractivity contribution in [2.24, 2.45) is 5.90 Å². The molecule has 160 valence electrons. The van der Waals surface area contributed by atoms with Gasteiger partial charge in [0.1, 0.15) is 0 Å². The zero-order valence-electron chi connectivity index (χ0n) is 16.9. The Kier molecular flexibility index (Phi) is 9.56. The third-order valence-electron chi connectivity index (χ3n) is 3.79. The predicted octanol–water partition coefficient (Wildman–Crippen LogP) is 5.82. The maximum absolute atomic E-state index is 12.2. The van der Waals surface area contributed by atoms with Crippen molar-refractivity contribution in [1.29, 1.82) is 0 Å². The summed E-state index contributed by atoms with van der Waals surface area (Å²) in [5, 5.41) is 0. The average Bonchev–Trinajstić information content (AvgIpc) is 3.19. The van der Waals surface area contributed by atoms with E-state index in [4.69, 9.17) is 9.47 Å². The molecule has 2 N–H and O–H groups in total. The van der Waals surface area contributed by atoms with Crippen molar-refractivity contribution >= 4 is 12.0 Å². The standard InChI is InChI=1S/C8H8O2.C7H6F2.C7H9NO2S/c1-6-2-3-7-8(4-6)10-5-9-7;1-5-2-3-6(8)7(9)4-5;1-6-2-4-7(5-3-6)11-10-9-8/h2-4H,5H2,1H3;2-4H,1H3;2-5H,8H2,1H3. The van der Waals surface area contributed by atoms with E-state index in [2.05, 4.69) is 15.2 Å². The maximum Gasteiger partial charge on any atom is 0.231 e. The maximum atomic E-state index is 12.2. The highest BCUT2D eigenvalue weighted by atomic mass is 32.2. The van der Waals surface area contributed by atoms with Crippen LogP contribution in [0.5, 0.6) is 11.5 Å². The van der Waals surface area contributed by atoms with Crippen LogP contribution in [0.3, 0.4) is 0 Å². The summed E-state index contributed by atoms with van der Waals surface area (Å²) >= 11 is 1.08. The Morgan fingerprint density at radius 3 is 2.00 bits per heavy atom. The zero-order valence-corrected chi connectivity index (χ0v) is 17.7. The molecule has 3 aromatic rings. The zero-order chi connectivity index (χ0) is 21.9. The van der Waals surface area contributed by atoms with E-state index in [0.29, 0.717) is 6.79 Å². The number of ether oxygens (including phenoxy) is 2. The van der Waals surface area contributed by atoms with Crippen molar-refractivity contribution in [1.82, 2.24) is 0 Å². The minimum Gasteiger partial charge on any atom is -0.454 e. The lowest BCUT2D eigenvalue weighted by Gasteiger charge is -1.97. The number of halogens is 2. The number of aryl methyl sites for hydroxylation is 3. The smallest absolute Gasteiger partial charge is 0.231 e. The van der Waals surface area contributed by atoms with Crippen LogP contribution in [0.4, 0.5) is 8.78 Å². The van der Waals surface area contributed by atoms with Crippen molar-refractivity contribution in [3.05, 3.63) is 89.0 Å². The molecular formula is C22H23F2NO4S. The molecule has 0 amide bonds. The van der Waals surface area contributed by atoms with Crippen molar-refractivity contribution in [2.45, 2.75) is 25.7 Å². The van der Waals surface area contributed by atoms with Gasteiger partial charge in [-0.15, -0.1) is 9.32 Å². The second-order valence-corrected chi connectivity index (χ2v) is 7.11. The van der Waals surface area contributed by atoms with Gasteiger partial charge in [-0.1, -0.05) is 29.8 Å². The highest BCUT2D eigenvalue weighted by Gasteiger charge is 2.11. The highest BCUT2D eigenvalue weighted by Crippen LogP contribution is 2.31. The van der Waals surface area contributed by atoms with Gasteiger partial charge < -0.3 is 9.47 Å². The van der Waals surface area contributed by atoms with Crippen LogP contribution in [0.2, 0.25) is 0 Å². The van der Waals surface area contributed by atoms with Gasteiger partial charge >= 0.3 is 0 Å². The molecule has 4 rings (SSSR count). The number of hydrogen-bond acceptors (Lipinski definition) is 6. The summed E-state index contributed by atoms with van der Waals surface area (Å²) < 4.78 is 39.1. The molecule has 0 aliphatic carbocycles. The highest BCUT2D eigenvalue weighted by molar-refractivity contribution is 7.94. The normalized spacial score (nSPS) is 11.1. The van der Waals surface area contributed by atoms with Gasteiger partial charge in [-0.2, -0.15) is 5.90 Å². The summed E-state index contributed by atoms with van der Waals surface area (Å²) in [4.78, 5) is 4.90. The molecule has 0 saturated heterocycles. The predicted molar refractivity (Wildman–Crippen MR) is 112 cm³/mol. The number of hydrogen-bond donors (Lipinski definition) is 1. The SMILES string of the molecule is Cc1ccc(F)c(F)c1.Cc1ccc(SOON)cc1.Cc1ccc2c(c1)OCO2. The minimum atomic E-state index is -0.791. The third kappa shape index (κ3) is 8.00. The lowest BCUT2D eigenvalue weighted by molar-refractivity contribution is -0.195. The first-order valence-electron chi connectivity index (χ1n) is 8.93. The second-order valence-electron chi connectivity index (χ2n) is 6.33. The molecule has 0 aromatic heterocycles. The minimum absolute atomic E-state index is 0.360. The molecule has 30 heavy (non-hydrogen) atoms. The van der Waals surface area contributed by atoms with Gasteiger partial charge in [0.25, 0.3) is 0 Å². The molecule has 0 unspecified atom stereocenters. The van der Waals surface area contributed by atoms with Crippen LogP contribution in [-0.4, -0.2) is 6.79 Å². The molecule has 0 fully saturated rings. The van der Waals surface area contributed by atoms with Gasteiger partial charge in [0.05, 0.1) is 12.0 Å². The van der Waals surface area contributed by atoms with Crippen LogP contribution in [-0.2, 0) is 9.32 Å². The Morgan fingerprint density at radius 2 is 1.37 bits per heavy atom. The average molecular weight is 435 g/mol. The molecule has 1 aliphatic rings. The first-order valence-corrected chi connectivity index (χ1v) is 9.68. The van der Waals surface area contributed by atoms with Crippen LogP contribution < -0.4 is 15.4 Å². The van der Waals surface area contributed by atoms with Crippen molar-refractivity contribution in [3.63, 3.8) is 0 Å². The molecule has 1 heterocycles. The van der Waals surface area contributed by atoms with Crippen molar-refractivity contribution in [3.8, 4) is 11.5 Å². The Bertz CT molecular complexity index is 939. The van der Waals surface area contributed by atoms with E-state index in [9.17, 15) is 8.78 Å². The molecule has 8 heteroatoms. The fourth-order valence-corrected chi connectivity index (χ4v) is 2.62. The Hall–Kier alpha value is -2.65. The van der Waals surface area contributed by atoms with E-state index < -0.39 is 11.6 Å². The van der Waals surface area contributed by atoms with Crippen LogP contribution in [0.1, 0.15) is 16.7 Å². The number of fused-ring (bicyclic) bond motifs is 1. The number of rotatable bonds is 3. The molecule has 0 atom stereocenters. The second kappa shape index (κ2) is 12.1. The van der Waals surface area contributed by atoms with E-state index >= 15 is 0 Å². The molecule has 0 saturated carbocycles. The monoisotopic (exact) mass is 435 g/mol. The van der Waals surface area contributed by atoms with E-state index in [1.807, 2.05) is 56.3 Å². The van der Waals surface area contributed by atoms with Crippen LogP contribution >= 0.6 is 12.0 Å². The fourth-order valence-electron chi connectivity index (χ4n) is 2.26. The summed E-state index contributed by atoms with van der Waals surface area (Å²) in [6.07, 6.45) is 0. The van der Waals surface area contributed by atoms with Crippen LogP contribution in [0.15, 0.2) is 65.6 Å². The van der Waals surface area contributed by atoms with Crippen LogP contribution in [0.25, 0.3) is 0 Å². The molecule has 0 bridgehead atoms. The van der Waals surface area contributed by atoms with Crippen molar-refractivity contribution in [2.75, 3.05) is 6.79 Å². The first kappa shape index (κ1) is 23.6. The molecule has 3 aromatic carbocycles. The quantitative estimate of drug-likeness (QED) is 0.318. The summed E-state index contributed by atoms with van der Waals surface area (Å²) in [6, 6.07) is 17.5. The third-order valence-corrected chi connectivity index (χ3v) is 4.40. The summed E-state index contributed by atoms with van der Waals surface area (Å²) in [7, 11) is 0. The molecular weight excluding hydrogens is 412 g/mol. The van der Waals surface area contributed by atoms with E-state index in [1.54, 1.807) is 6.92 Å². The van der Waals surface area contributed by atoms with Crippen molar-refractivity contribution < 1.29 is 27.6 Å². The first-order chi connectivity index (χ1) is 14.4. The Balaban J connectivity index is 0.000000161. The van der Waals surface area contributed by atoms with E-state index in [-0.39, 0.29) is 0 Å². The Labute approximate surface area is 178 Å². The largest absolute Gasteiger partial charge is 0.454 e. The van der Waals surface area contributed by atoms with Gasteiger partial charge in [-0.3, -0.25) is 0 Å². The topological polar surface area (TPSA) is 62.9 Å². The number of benzene rings is 3. The Morgan fingerprint density at radius 1 is 0.767 bits per heavy atom. The van der Waals surface area contributed by atoms with Crippen LogP contribution in [0, 0.1) is 32.4 Å². The van der Waals surface area contributed by atoms with Gasteiger partial charge in [0.15, 0.2) is 23.1 Å². The molecule has 0 spiro atoms. The summed E-state index contributed by atoms with van der Waals surface area (Å²) in [5.74, 6) is 4.80. The van der Waals surface area contributed by atoms with Gasteiger partial charge in [0, 0.05) is 4.90 Å². The molecule has 1 aliphatic heterocycles. The van der Waals surface area contributed by atoms with Gasteiger partial charge in [-0.05, 0) is 68.3 Å².